The number of aromatic carboxylic acids is 1. The van der Waals surface area contributed by atoms with E-state index in [1.165, 1.54) is 6.07 Å². The molecule has 3 rings (SSSR count). The van der Waals surface area contributed by atoms with Crippen LogP contribution in [0.15, 0.2) is 69.2 Å². The molecule has 0 saturated carbocycles. The van der Waals surface area contributed by atoms with Gasteiger partial charge < -0.3 is 10.1 Å². The molecule has 0 aliphatic heterocycles. The largest absolute Gasteiger partial charge is 0.477 e. The van der Waals surface area contributed by atoms with Crippen molar-refractivity contribution in [1.29, 1.82) is 0 Å². The Kier molecular flexibility index (Phi) is 3.50. The number of aromatic amines is 1. The second kappa shape index (κ2) is 5.46. The SMILES string of the molecule is O=C(O)c1cc2ccc(Sc3ccccc3)cc2c(=O)[nH]1. The van der Waals surface area contributed by atoms with Crippen LogP contribution in [0.4, 0.5) is 0 Å². The van der Waals surface area contributed by atoms with Crippen molar-refractivity contribution in [2.45, 2.75) is 9.79 Å². The van der Waals surface area contributed by atoms with Crippen LogP contribution in [0.25, 0.3) is 10.8 Å². The van der Waals surface area contributed by atoms with Gasteiger partial charge in [-0.25, -0.2) is 4.79 Å². The first-order valence-corrected chi connectivity index (χ1v) is 7.08. The van der Waals surface area contributed by atoms with Gasteiger partial charge in [0.05, 0.1) is 0 Å². The van der Waals surface area contributed by atoms with Gasteiger partial charge in [-0.15, -0.1) is 0 Å². The molecule has 0 fully saturated rings. The number of aromatic nitrogens is 1. The molecule has 21 heavy (non-hydrogen) atoms. The Morgan fingerprint density at radius 2 is 1.76 bits per heavy atom. The number of benzene rings is 2. The Morgan fingerprint density at radius 3 is 2.48 bits per heavy atom. The summed E-state index contributed by atoms with van der Waals surface area (Å²) in [7, 11) is 0. The van der Waals surface area contributed by atoms with Crippen LogP contribution in [0.5, 0.6) is 0 Å². The number of fused-ring (bicyclic) bond motifs is 1. The number of nitrogens with one attached hydrogen (secondary N) is 1. The predicted molar refractivity (Wildman–Crippen MR) is 82.1 cm³/mol. The number of carboxylic acids is 1. The summed E-state index contributed by atoms with van der Waals surface area (Å²) in [6.45, 7) is 0. The minimum Gasteiger partial charge on any atom is -0.477 e. The third kappa shape index (κ3) is 2.83. The van der Waals surface area contributed by atoms with Crippen LogP contribution in [-0.2, 0) is 0 Å². The summed E-state index contributed by atoms with van der Waals surface area (Å²) >= 11 is 1.55. The summed E-state index contributed by atoms with van der Waals surface area (Å²) in [5.74, 6) is -1.14. The summed E-state index contributed by atoms with van der Waals surface area (Å²) in [5.41, 5.74) is -0.489. The third-order valence-electron chi connectivity index (χ3n) is 3.03. The highest BCUT2D eigenvalue weighted by Crippen LogP contribution is 2.29. The normalized spacial score (nSPS) is 10.7. The molecule has 0 aliphatic carbocycles. The number of carboxylic acid groups (broad SMARTS) is 1. The molecule has 3 aromatic rings. The Bertz CT molecular complexity index is 872. The van der Waals surface area contributed by atoms with E-state index >= 15 is 0 Å². The average molecular weight is 297 g/mol. The van der Waals surface area contributed by atoms with Crippen molar-refractivity contribution in [3.05, 3.63) is 70.6 Å². The molecule has 0 aliphatic rings. The van der Waals surface area contributed by atoms with Crippen molar-refractivity contribution < 1.29 is 9.90 Å². The van der Waals surface area contributed by atoms with Crippen LogP contribution in [0.3, 0.4) is 0 Å². The van der Waals surface area contributed by atoms with Crippen LogP contribution in [0, 0.1) is 0 Å². The van der Waals surface area contributed by atoms with E-state index in [0.717, 1.165) is 9.79 Å². The van der Waals surface area contributed by atoms with E-state index < -0.39 is 5.97 Å². The maximum Gasteiger partial charge on any atom is 0.352 e. The molecular formula is C16H11NO3S. The zero-order valence-corrected chi connectivity index (χ0v) is 11.7. The lowest BCUT2D eigenvalue weighted by Crippen LogP contribution is -2.12. The molecule has 0 unspecified atom stereocenters. The fraction of sp³-hybridized carbons (Fsp3) is 0. The summed E-state index contributed by atoms with van der Waals surface area (Å²) in [6.07, 6.45) is 0. The van der Waals surface area contributed by atoms with E-state index in [1.54, 1.807) is 23.9 Å². The highest BCUT2D eigenvalue weighted by Gasteiger charge is 2.08. The molecule has 2 N–H and O–H groups in total. The van der Waals surface area contributed by atoms with Crippen LogP contribution in [0.1, 0.15) is 10.5 Å². The highest BCUT2D eigenvalue weighted by molar-refractivity contribution is 7.99. The lowest BCUT2D eigenvalue weighted by molar-refractivity contribution is 0.0690. The van der Waals surface area contributed by atoms with Gasteiger partial charge in [-0.2, -0.15) is 0 Å². The van der Waals surface area contributed by atoms with E-state index in [1.807, 2.05) is 36.4 Å². The summed E-state index contributed by atoms with van der Waals surface area (Å²) in [4.78, 5) is 27.3. The zero-order valence-electron chi connectivity index (χ0n) is 10.9. The number of hydrogen-bond donors (Lipinski definition) is 2. The maximum atomic E-state index is 12.0. The van der Waals surface area contributed by atoms with Gasteiger partial charge >= 0.3 is 5.97 Å². The second-order valence-corrected chi connectivity index (χ2v) is 5.63. The Balaban J connectivity index is 2.05. The van der Waals surface area contributed by atoms with Gasteiger partial charge in [0, 0.05) is 15.2 Å². The average Bonchev–Trinajstić information content (AvgIpc) is 2.48. The molecule has 2 aromatic carbocycles. The van der Waals surface area contributed by atoms with Crippen LogP contribution in [0.2, 0.25) is 0 Å². The van der Waals surface area contributed by atoms with Gasteiger partial charge in [-0.3, -0.25) is 4.79 Å². The minimum atomic E-state index is -1.14. The quantitative estimate of drug-likeness (QED) is 0.777. The Morgan fingerprint density at radius 1 is 1.00 bits per heavy atom. The summed E-state index contributed by atoms with van der Waals surface area (Å²) in [5, 5.41) is 10.0. The van der Waals surface area contributed by atoms with Crippen LogP contribution in [-0.4, -0.2) is 16.1 Å². The first-order chi connectivity index (χ1) is 10.1. The Labute approximate surface area is 124 Å². The van der Waals surface area contributed by atoms with Crippen LogP contribution < -0.4 is 5.56 Å². The molecule has 1 heterocycles. The lowest BCUT2D eigenvalue weighted by Gasteiger charge is -2.04. The maximum absolute atomic E-state index is 12.0. The molecule has 4 nitrogen and oxygen atoms in total. The monoisotopic (exact) mass is 297 g/mol. The van der Waals surface area contributed by atoms with Crippen molar-refractivity contribution in [1.82, 2.24) is 4.98 Å². The van der Waals surface area contributed by atoms with Gasteiger partial charge in [0.2, 0.25) is 0 Å². The molecule has 0 spiro atoms. The van der Waals surface area contributed by atoms with E-state index in [-0.39, 0.29) is 11.3 Å². The van der Waals surface area contributed by atoms with Crippen molar-refractivity contribution >= 4 is 28.5 Å². The topological polar surface area (TPSA) is 70.2 Å². The number of hydrogen-bond acceptors (Lipinski definition) is 3. The van der Waals surface area contributed by atoms with Crippen molar-refractivity contribution in [2.24, 2.45) is 0 Å². The first kappa shape index (κ1) is 13.5. The highest BCUT2D eigenvalue weighted by atomic mass is 32.2. The molecule has 0 atom stereocenters. The molecule has 0 radical (unpaired) electrons. The molecule has 0 saturated heterocycles. The van der Waals surface area contributed by atoms with E-state index in [9.17, 15) is 9.59 Å². The van der Waals surface area contributed by atoms with Gasteiger partial charge in [0.15, 0.2) is 0 Å². The molecular weight excluding hydrogens is 286 g/mol. The fourth-order valence-corrected chi connectivity index (χ4v) is 2.92. The summed E-state index contributed by atoms with van der Waals surface area (Å²) in [6, 6.07) is 16.7. The fourth-order valence-electron chi connectivity index (χ4n) is 2.04. The van der Waals surface area contributed by atoms with Crippen molar-refractivity contribution in [2.75, 3.05) is 0 Å². The number of pyridine rings is 1. The van der Waals surface area contributed by atoms with Gasteiger partial charge in [0.25, 0.3) is 5.56 Å². The van der Waals surface area contributed by atoms with E-state index in [4.69, 9.17) is 5.11 Å². The van der Waals surface area contributed by atoms with Gasteiger partial charge in [-0.1, -0.05) is 36.0 Å². The van der Waals surface area contributed by atoms with Crippen molar-refractivity contribution in [3.8, 4) is 0 Å². The van der Waals surface area contributed by atoms with E-state index in [2.05, 4.69) is 4.98 Å². The number of rotatable bonds is 3. The molecule has 0 amide bonds. The number of carbonyl (C=O) groups is 1. The zero-order chi connectivity index (χ0) is 14.8. The summed E-state index contributed by atoms with van der Waals surface area (Å²) < 4.78 is 0. The molecule has 5 heteroatoms. The van der Waals surface area contributed by atoms with Gasteiger partial charge in [-0.05, 0) is 35.7 Å². The second-order valence-electron chi connectivity index (χ2n) is 4.48. The molecule has 0 bridgehead atoms. The smallest absolute Gasteiger partial charge is 0.352 e. The predicted octanol–water partition coefficient (Wildman–Crippen LogP) is 3.38. The van der Waals surface area contributed by atoms with Crippen LogP contribution >= 0.6 is 11.8 Å². The van der Waals surface area contributed by atoms with Crippen molar-refractivity contribution in [3.63, 3.8) is 0 Å². The lowest BCUT2D eigenvalue weighted by atomic mass is 10.1. The standard InChI is InChI=1S/C16H11NO3S/c18-15-13-9-12(21-11-4-2-1-3-5-11)7-6-10(13)8-14(17-15)16(19)20/h1-9H,(H,17,18)(H,19,20). The van der Waals surface area contributed by atoms with Gasteiger partial charge in [0.1, 0.15) is 5.69 Å². The number of H-pyrrole nitrogens is 1. The first-order valence-electron chi connectivity index (χ1n) is 6.27. The molecule has 1 aromatic heterocycles. The Hall–Kier alpha value is -2.53. The molecule has 104 valence electrons. The van der Waals surface area contributed by atoms with E-state index in [0.29, 0.717) is 10.8 Å². The minimum absolute atomic E-state index is 0.101. The third-order valence-corrected chi connectivity index (χ3v) is 4.02.